The molecule has 0 atom stereocenters. The van der Waals surface area contributed by atoms with Crippen molar-refractivity contribution in [2.45, 2.75) is 6.92 Å². The van der Waals surface area contributed by atoms with Gasteiger partial charge in [0.15, 0.2) is 11.5 Å². The minimum Gasteiger partial charge on any atom is -0.504 e. The Balaban J connectivity index is 3.39. The first-order chi connectivity index (χ1) is 5.57. The minimum atomic E-state index is -0.228. The summed E-state index contributed by atoms with van der Waals surface area (Å²) in [6.07, 6.45) is 0. The van der Waals surface area contributed by atoms with Crippen LogP contribution < -0.4 is 4.74 Å². The van der Waals surface area contributed by atoms with Crippen LogP contribution in [-0.4, -0.2) is 17.3 Å². The largest absolute Gasteiger partial charge is 0.504 e. The Bertz CT molecular complexity index is 310. The Hall–Kier alpha value is -1.09. The van der Waals surface area contributed by atoms with Crippen molar-refractivity contribution in [3.05, 3.63) is 16.7 Å². The van der Waals surface area contributed by atoms with E-state index in [0.29, 0.717) is 16.3 Å². The Morgan fingerprint density at radius 2 is 2.00 bits per heavy atom. The molecule has 4 heteroatoms. The Morgan fingerprint density at radius 1 is 1.42 bits per heavy atom. The van der Waals surface area contributed by atoms with Crippen LogP contribution in [0.15, 0.2) is 6.07 Å². The first kappa shape index (κ1) is 9.00. The molecule has 0 saturated heterocycles. The molecular weight excluding hydrogens is 180 g/mol. The predicted molar refractivity (Wildman–Crippen MR) is 46.1 cm³/mol. The second-order valence-electron chi connectivity index (χ2n) is 2.39. The molecule has 12 heavy (non-hydrogen) atoms. The van der Waals surface area contributed by atoms with Crippen LogP contribution in [0, 0.1) is 6.92 Å². The second kappa shape index (κ2) is 3.11. The van der Waals surface area contributed by atoms with Crippen molar-refractivity contribution in [2.75, 3.05) is 7.11 Å². The molecule has 3 nitrogen and oxygen atoms in total. The molecule has 1 rings (SSSR count). The van der Waals surface area contributed by atoms with E-state index in [1.807, 2.05) is 0 Å². The summed E-state index contributed by atoms with van der Waals surface area (Å²) in [4.78, 5) is 0. The third-order valence-electron chi connectivity index (χ3n) is 1.63. The van der Waals surface area contributed by atoms with Crippen LogP contribution in [0.5, 0.6) is 17.2 Å². The van der Waals surface area contributed by atoms with E-state index in [-0.39, 0.29) is 11.5 Å². The van der Waals surface area contributed by atoms with Crippen molar-refractivity contribution in [2.24, 2.45) is 0 Å². The quantitative estimate of drug-likeness (QED) is 0.664. The van der Waals surface area contributed by atoms with E-state index in [1.54, 1.807) is 6.92 Å². The van der Waals surface area contributed by atoms with Gasteiger partial charge in [-0.1, -0.05) is 11.6 Å². The number of hydrogen-bond donors (Lipinski definition) is 2. The van der Waals surface area contributed by atoms with Crippen LogP contribution in [0.25, 0.3) is 0 Å². The number of methoxy groups -OCH3 is 1. The number of halogens is 1. The van der Waals surface area contributed by atoms with Gasteiger partial charge in [-0.25, -0.2) is 0 Å². The molecule has 0 aliphatic carbocycles. The molecule has 1 aromatic carbocycles. The van der Waals surface area contributed by atoms with Gasteiger partial charge in [-0.15, -0.1) is 0 Å². The fourth-order valence-corrected chi connectivity index (χ4v) is 1.11. The second-order valence-corrected chi connectivity index (χ2v) is 2.76. The van der Waals surface area contributed by atoms with Crippen molar-refractivity contribution in [3.63, 3.8) is 0 Å². The van der Waals surface area contributed by atoms with Gasteiger partial charge in [0.25, 0.3) is 0 Å². The minimum absolute atomic E-state index is 0.208. The van der Waals surface area contributed by atoms with Crippen LogP contribution in [-0.2, 0) is 0 Å². The van der Waals surface area contributed by atoms with E-state index >= 15 is 0 Å². The molecule has 66 valence electrons. The van der Waals surface area contributed by atoms with Gasteiger partial charge in [0.05, 0.1) is 12.1 Å². The maximum absolute atomic E-state index is 9.22. The molecule has 0 amide bonds. The first-order valence-corrected chi connectivity index (χ1v) is 3.70. The summed E-state index contributed by atoms with van der Waals surface area (Å²) in [7, 11) is 1.44. The van der Waals surface area contributed by atoms with Crippen LogP contribution in [0.2, 0.25) is 5.02 Å². The molecule has 2 N–H and O–H groups in total. The summed E-state index contributed by atoms with van der Waals surface area (Å²) in [6.45, 7) is 1.60. The number of hydrogen-bond acceptors (Lipinski definition) is 3. The van der Waals surface area contributed by atoms with Crippen LogP contribution in [0.3, 0.4) is 0 Å². The number of aromatic hydroxyl groups is 2. The topological polar surface area (TPSA) is 49.7 Å². The van der Waals surface area contributed by atoms with E-state index in [9.17, 15) is 5.11 Å². The zero-order valence-corrected chi connectivity index (χ0v) is 7.51. The SMILES string of the molecule is COc1cc(O)c(O)c(C)c1Cl. The predicted octanol–water partition coefficient (Wildman–Crippen LogP) is 2.07. The van der Waals surface area contributed by atoms with Crippen molar-refractivity contribution >= 4 is 11.6 Å². The van der Waals surface area contributed by atoms with Gasteiger partial charge in [-0.2, -0.15) is 0 Å². The average molecular weight is 189 g/mol. The number of rotatable bonds is 1. The molecule has 0 aliphatic heterocycles. The fraction of sp³-hybridized carbons (Fsp3) is 0.250. The molecule has 0 heterocycles. The fourth-order valence-electron chi connectivity index (χ4n) is 0.885. The van der Waals surface area contributed by atoms with E-state index in [1.165, 1.54) is 13.2 Å². The van der Waals surface area contributed by atoms with Gasteiger partial charge in [0.2, 0.25) is 0 Å². The van der Waals surface area contributed by atoms with Crippen LogP contribution in [0.1, 0.15) is 5.56 Å². The zero-order valence-electron chi connectivity index (χ0n) is 6.76. The Morgan fingerprint density at radius 3 is 2.50 bits per heavy atom. The highest BCUT2D eigenvalue weighted by Crippen LogP contribution is 2.40. The highest BCUT2D eigenvalue weighted by molar-refractivity contribution is 6.33. The highest BCUT2D eigenvalue weighted by Gasteiger charge is 2.12. The number of phenolic OH excluding ortho intramolecular Hbond substituents is 2. The number of benzene rings is 1. The molecule has 0 aliphatic rings. The van der Waals surface area contributed by atoms with Crippen molar-refractivity contribution in [1.82, 2.24) is 0 Å². The maximum atomic E-state index is 9.22. The molecule has 1 aromatic rings. The van der Waals surface area contributed by atoms with Crippen LogP contribution >= 0.6 is 11.6 Å². The number of phenols is 2. The van der Waals surface area contributed by atoms with E-state index in [2.05, 4.69) is 0 Å². The van der Waals surface area contributed by atoms with Gasteiger partial charge >= 0.3 is 0 Å². The lowest BCUT2D eigenvalue weighted by Crippen LogP contribution is -1.87. The summed E-state index contributed by atoms with van der Waals surface area (Å²) >= 11 is 5.77. The molecule has 0 aromatic heterocycles. The third kappa shape index (κ3) is 1.28. The van der Waals surface area contributed by atoms with E-state index in [0.717, 1.165) is 0 Å². The monoisotopic (exact) mass is 188 g/mol. The lowest BCUT2D eigenvalue weighted by Gasteiger charge is -2.08. The highest BCUT2D eigenvalue weighted by atomic mass is 35.5. The lowest BCUT2D eigenvalue weighted by atomic mass is 10.2. The third-order valence-corrected chi connectivity index (χ3v) is 2.10. The first-order valence-electron chi connectivity index (χ1n) is 3.33. The summed E-state index contributed by atoms with van der Waals surface area (Å²) < 4.78 is 4.86. The van der Waals surface area contributed by atoms with Gasteiger partial charge in [-0.05, 0) is 6.92 Å². The summed E-state index contributed by atoms with van der Waals surface area (Å²) in [6, 6.07) is 1.27. The lowest BCUT2D eigenvalue weighted by molar-refractivity contribution is 0.384. The normalized spacial score (nSPS) is 9.92. The molecule has 0 saturated carbocycles. The van der Waals surface area contributed by atoms with E-state index in [4.69, 9.17) is 21.4 Å². The van der Waals surface area contributed by atoms with Gasteiger partial charge in [-0.3, -0.25) is 0 Å². The van der Waals surface area contributed by atoms with Gasteiger partial charge in [0, 0.05) is 11.6 Å². The molecule has 0 spiro atoms. The molecule has 0 bridgehead atoms. The standard InChI is InChI=1S/C8H9ClO3/c1-4-7(9)6(12-2)3-5(10)8(4)11/h3,10-11H,1-2H3. The zero-order chi connectivity index (χ0) is 9.30. The van der Waals surface area contributed by atoms with Crippen molar-refractivity contribution in [1.29, 1.82) is 0 Å². The van der Waals surface area contributed by atoms with Gasteiger partial charge in [0.1, 0.15) is 5.75 Å². The Kier molecular flexibility index (Phi) is 2.33. The molecule has 0 fully saturated rings. The van der Waals surface area contributed by atoms with E-state index < -0.39 is 0 Å². The van der Waals surface area contributed by atoms with Crippen molar-refractivity contribution in [3.8, 4) is 17.2 Å². The van der Waals surface area contributed by atoms with Crippen LogP contribution in [0.4, 0.5) is 0 Å². The average Bonchev–Trinajstić information content (AvgIpc) is 2.08. The summed E-state index contributed by atoms with van der Waals surface area (Å²) in [5, 5.41) is 18.7. The summed E-state index contributed by atoms with van der Waals surface area (Å²) in [5.74, 6) is -0.0842. The Labute approximate surface area is 75.2 Å². The number of ether oxygens (including phenoxy) is 1. The van der Waals surface area contributed by atoms with Gasteiger partial charge < -0.3 is 14.9 Å². The molecular formula is C8H9ClO3. The maximum Gasteiger partial charge on any atom is 0.162 e. The van der Waals surface area contributed by atoms with Crippen molar-refractivity contribution < 1.29 is 14.9 Å². The molecule has 0 radical (unpaired) electrons. The smallest absolute Gasteiger partial charge is 0.162 e. The molecule has 0 unspecified atom stereocenters. The summed E-state index contributed by atoms with van der Waals surface area (Å²) in [5.41, 5.74) is 0.411.